The summed E-state index contributed by atoms with van der Waals surface area (Å²) in [4.78, 5) is 27.9. The highest BCUT2D eigenvalue weighted by Gasteiger charge is 2.16. The summed E-state index contributed by atoms with van der Waals surface area (Å²) in [5, 5.41) is 11.4. The molecule has 1 aliphatic heterocycles. The predicted molar refractivity (Wildman–Crippen MR) is 143 cm³/mol. The van der Waals surface area contributed by atoms with Gasteiger partial charge in [0.05, 0.1) is 36.7 Å². The minimum absolute atomic E-state index is 0.00527. The van der Waals surface area contributed by atoms with Crippen LogP contribution in [0.15, 0.2) is 67.1 Å². The van der Waals surface area contributed by atoms with Crippen LogP contribution in [0, 0.1) is 12.7 Å². The Morgan fingerprint density at radius 3 is 2.61 bits per heavy atom. The highest BCUT2D eigenvalue weighted by Crippen LogP contribution is 2.17. The molecule has 4 aromatic rings. The van der Waals surface area contributed by atoms with Gasteiger partial charge in [0.1, 0.15) is 5.82 Å². The number of hydrogen-bond acceptors (Lipinski definition) is 5. The molecule has 0 saturated carbocycles. The van der Waals surface area contributed by atoms with E-state index in [-0.39, 0.29) is 30.2 Å². The molecule has 0 unspecified atom stereocenters. The van der Waals surface area contributed by atoms with Crippen molar-refractivity contribution in [3.63, 3.8) is 0 Å². The molecule has 0 bridgehead atoms. The Morgan fingerprint density at radius 1 is 0.974 bits per heavy atom. The second kappa shape index (κ2) is 11.5. The molecule has 3 heterocycles. The topological polar surface area (TPSA) is 85.0 Å². The Kier molecular flexibility index (Phi) is 7.74. The predicted octanol–water partition coefficient (Wildman–Crippen LogP) is 4.22. The number of aromatic nitrogens is 4. The van der Waals surface area contributed by atoms with Crippen LogP contribution in [0.1, 0.15) is 40.0 Å². The van der Waals surface area contributed by atoms with Crippen LogP contribution in [0.2, 0.25) is 0 Å². The number of carbonyl (C=O) groups is 2. The third-order valence-electron chi connectivity index (χ3n) is 6.96. The van der Waals surface area contributed by atoms with Gasteiger partial charge in [0.2, 0.25) is 5.91 Å². The number of anilines is 1. The van der Waals surface area contributed by atoms with Gasteiger partial charge in [0.15, 0.2) is 5.78 Å². The summed E-state index contributed by atoms with van der Waals surface area (Å²) in [6, 6.07) is 13.3. The molecule has 8 nitrogen and oxygen atoms in total. The first-order chi connectivity index (χ1) is 18.5. The van der Waals surface area contributed by atoms with E-state index in [4.69, 9.17) is 0 Å². The first-order valence-electron chi connectivity index (χ1n) is 12.9. The molecule has 38 heavy (non-hydrogen) atoms. The fourth-order valence-corrected chi connectivity index (χ4v) is 4.76. The van der Waals surface area contributed by atoms with Crippen LogP contribution in [0.25, 0.3) is 5.69 Å². The molecule has 1 N–H and O–H groups in total. The molecular weight excluding hydrogens is 483 g/mol. The Morgan fingerprint density at radius 2 is 1.79 bits per heavy atom. The number of carbonyl (C=O) groups excluding carboxylic acids is 2. The molecule has 5 rings (SSSR count). The van der Waals surface area contributed by atoms with Crippen LogP contribution in [0.3, 0.4) is 0 Å². The Balaban J connectivity index is 1.21. The maximum absolute atomic E-state index is 13.8. The van der Waals surface area contributed by atoms with Crippen molar-refractivity contribution in [2.75, 3.05) is 25.0 Å². The van der Waals surface area contributed by atoms with E-state index < -0.39 is 5.82 Å². The number of Topliss-reactive ketones (excluding diaryl/α,β-unsaturated/α-hetero) is 1. The average Bonchev–Trinajstić information content (AvgIpc) is 3.67. The molecule has 0 spiro atoms. The largest absolute Gasteiger partial charge is 0.323 e. The third kappa shape index (κ3) is 6.06. The monoisotopic (exact) mass is 514 g/mol. The number of nitrogens with one attached hydrogen (secondary N) is 1. The van der Waals surface area contributed by atoms with Crippen LogP contribution in [-0.2, 0) is 24.2 Å². The molecule has 196 valence electrons. The van der Waals surface area contributed by atoms with Crippen LogP contribution >= 0.6 is 0 Å². The van der Waals surface area contributed by atoms with Crippen LogP contribution in [0.5, 0.6) is 0 Å². The first kappa shape index (κ1) is 25.5. The summed E-state index contributed by atoms with van der Waals surface area (Å²) in [7, 11) is 0. The summed E-state index contributed by atoms with van der Waals surface area (Å²) >= 11 is 0. The summed E-state index contributed by atoms with van der Waals surface area (Å²) < 4.78 is 17.4. The lowest BCUT2D eigenvalue weighted by molar-refractivity contribution is -0.115. The highest BCUT2D eigenvalue weighted by atomic mass is 19.1. The van der Waals surface area contributed by atoms with Gasteiger partial charge in [-0.1, -0.05) is 24.3 Å². The van der Waals surface area contributed by atoms with Gasteiger partial charge < -0.3 is 10.2 Å². The molecule has 0 aliphatic carbocycles. The van der Waals surface area contributed by atoms with Gasteiger partial charge in [0, 0.05) is 36.0 Å². The lowest BCUT2D eigenvalue weighted by Crippen LogP contribution is -2.24. The zero-order valence-electron chi connectivity index (χ0n) is 21.4. The summed E-state index contributed by atoms with van der Waals surface area (Å²) in [6.07, 6.45) is 7.98. The van der Waals surface area contributed by atoms with Crippen molar-refractivity contribution >= 4 is 17.4 Å². The van der Waals surface area contributed by atoms with E-state index in [9.17, 15) is 14.0 Å². The van der Waals surface area contributed by atoms with Gasteiger partial charge >= 0.3 is 0 Å². The van der Waals surface area contributed by atoms with Crippen LogP contribution in [0.4, 0.5) is 10.1 Å². The summed E-state index contributed by atoms with van der Waals surface area (Å²) in [5.41, 5.74) is 4.08. The van der Waals surface area contributed by atoms with Crippen molar-refractivity contribution < 1.29 is 14.0 Å². The Bertz CT molecular complexity index is 1440. The van der Waals surface area contributed by atoms with Crippen LogP contribution in [-0.4, -0.2) is 55.8 Å². The summed E-state index contributed by atoms with van der Waals surface area (Å²) in [5.74, 6) is -0.816. The second-order valence-corrected chi connectivity index (χ2v) is 9.68. The number of rotatable bonds is 10. The number of likely N-dealkylation sites (tertiary alicyclic amines) is 1. The number of hydrogen-bond donors (Lipinski definition) is 1. The first-order valence-corrected chi connectivity index (χ1v) is 12.9. The van der Waals surface area contributed by atoms with Crippen molar-refractivity contribution in [3.05, 3.63) is 95.3 Å². The van der Waals surface area contributed by atoms with Gasteiger partial charge in [-0.15, -0.1) is 0 Å². The van der Waals surface area contributed by atoms with Gasteiger partial charge in [-0.25, -0.2) is 9.07 Å². The minimum Gasteiger partial charge on any atom is -0.323 e. The normalized spacial score (nSPS) is 13.6. The van der Waals surface area contributed by atoms with E-state index in [0.29, 0.717) is 11.1 Å². The molecule has 1 aliphatic rings. The highest BCUT2D eigenvalue weighted by molar-refractivity contribution is 5.98. The second-order valence-electron chi connectivity index (χ2n) is 9.68. The molecule has 1 fully saturated rings. The van der Waals surface area contributed by atoms with E-state index in [2.05, 4.69) is 20.4 Å². The summed E-state index contributed by atoms with van der Waals surface area (Å²) in [6.45, 7) is 6.13. The number of benzene rings is 2. The fraction of sp³-hybridized carbons (Fsp3) is 0.310. The maximum atomic E-state index is 13.8. The smallest absolute Gasteiger partial charge is 0.228 e. The van der Waals surface area contributed by atoms with Gasteiger partial charge in [0.25, 0.3) is 0 Å². The number of amides is 1. The maximum Gasteiger partial charge on any atom is 0.228 e. The van der Waals surface area contributed by atoms with Gasteiger partial charge in [-0.3, -0.25) is 14.3 Å². The zero-order valence-corrected chi connectivity index (χ0v) is 21.4. The molecule has 2 aromatic heterocycles. The average molecular weight is 515 g/mol. The molecule has 0 atom stereocenters. The fourth-order valence-electron chi connectivity index (χ4n) is 4.76. The van der Waals surface area contributed by atoms with Crippen LogP contribution < -0.4 is 5.32 Å². The number of ketones is 1. The van der Waals surface area contributed by atoms with E-state index in [1.807, 2.05) is 23.7 Å². The Hall–Kier alpha value is -4.11. The standard InChI is InChI=1S/C29H31FN6O2/c1-21-24(19-32-35(21)14-13-34-11-4-5-12-34)17-28(37)23-7-6-8-25(16-23)36-20-22(18-31-36)15-29(38)33-27-10-3-2-9-26(27)30/h2-3,6-10,16,18-20H,4-5,11-15,17H2,1H3,(H,33,38). The number of nitrogens with zero attached hydrogens (tertiary/aromatic N) is 5. The molecular formula is C29H31FN6O2. The third-order valence-corrected chi connectivity index (χ3v) is 6.96. The number of para-hydroxylation sites is 1. The van der Waals surface area contributed by atoms with Crippen molar-refractivity contribution in [3.8, 4) is 5.69 Å². The lowest BCUT2D eigenvalue weighted by atomic mass is 10.0. The van der Waals surface area contributed by atoms with Crippen molar-refractivity contribution in [2.45, 2.75) is 39.2 Å². The minimum atomic E-state index is -0.484. The van der Waals surface area contributed by atoms with Crippen molar-refractivity contribution in [2.24, 2.45) is 0 Å². The SMILES string of the molecule is Cc1c(CC(=O)c2cccc(-n3cc(CC(=O)Nc4ccccc4F)cn3)c2)cnn1CCN1CCCC1. The molecule has 9 heteroatoms. The molecule has 1 saturated heterocycles. The number of halogens is 1. The van der Waals surface area contributed by atoms with E-state index in [1.165, 1.54) is 25.0 Å². The molecule has 1 amide bonds. The quantitative estimate of drug-likeness (QED) is 0.321. The molecule has 2 aromatic carbocycles. The zero-order chi connectivity index (χ0) is 26.5. The van der Waals surface area contributed by atoms with Crippen molar-refractivity contribution in [1.29, 1.82) is 0 Å². The van der Waals surface area contributed by atoms with E-state index in [0.717, 1.165) is 43.1 Å². The van der Waals surface area contributed by atoms with Crippen molar-refractivity contribution in [1.82, 2.24) is 24.5 Å². The van der Waals surface area contributed by atoms with E-state index in [1.54, 1.807) is 47.5 Å². The van der Waals surface area contributed by atoms with E-state index >= 15 is 0 Å². The Labute approximate surface area is 221 Å². The lowest BCUT2D eigenvalue weighted by Gasteiger charge is -2.15. The van der Waals surface area contributed by atoms with Gasteiger partial charge in [-0.05, 0) is 62.7 Å². The van der Waals surface area contributed by atoms with Gasteiger partial charge in [-0.2, -0.15) is 10.2 Å². The molecule has 0 radical (unpaired) electrons.